The maximum atomic E-state index is 13.7. The molecule has 1 aromatic heterocycles. The number of aromatic carboxylic acids is 1. The van der Waals surface area contributed by atoms with E-state index in [1.54, 1.807) is 11.0 Å². The van der Waals surface area contributed by atoms with E-state index in [1.165, 1.54) is 30.1 Å². The van der Waals surface area contributed by atoms with Crippen molar-refractivity contribution in [1.29, 1.82) is 0 Å². The van der Waals surface area contributed by atoms with Gasteiger partial charge < -0.3 is 14.7 Å². The second-order valence-corrected chi connectivity index (χ2v) is 5.82. The van der Waals surface area contributed by atoms with Gasteiger partial charge in [-0.1, -0.05) is 11.3 Å². The molecule has 9 heteroatoms. The van der Waals surface area contributed by atoms with Gasteiger partial charge >= 0.3 is 5.97 Å². The van der Waals surface area contributed by atoms with E-state index < -0.39 is 11.8 Å². The van der Waals surface area contributed by atoms with Gasteiger partial charge in [-0.3, -0.25) is 4.79 Å². The molecule has 1 fully saturated rings. The summed E-state index contributed by atoms with van der Waals surface area (Å²) in [4.78, 5) is 24.9. The van der Waals surface area contributed by atoms with E-state index in [2.05, 4.69) is 10.3 Å². The van der Waals surface area contributed by atoms with Crippen molar-refractivity contribution in [2.75, 3.05) is 20.2 Å². The number of rotatable bonds is 5. The van der Waals surface area contributed by atoms with E-state index in [0.29, 0.717) is 25.1 Å². The summed E-state index contributed by atoms with van der Waals surface area (Å²) < 4.78 is 20.0. The lowest BCUT2D eigenvalue weighted by molar-refractivity contribution is -0.129. The highest BCUT2D eigenvalue weighted by molar-refractivity contribution is 5.84. The summed E-state index contributed by atoms with van der Waals surface area (Å²) in [5, 5.41) is 16.3. The average Bonchev–Trinajstić information content (AvgIpc) is 3.24. The number of ether oxygens (including phenoxy) is 1. The molecule has 25 heavy (non-hydrogen) atoms. The van der Waals surface area contributed by atoms with Crippen LogP contribution >= 0.6 is 0 Å². The molecule has 1 unspecified atom stereocenters. The van der Waals surface area contributed by atoms with Crippen LogP contribution in [0.25, 0.3) is 0 Å². The summed E-state index contributed by atoms with van der Waals surface area (Å²) in [5.41, 5.74) is 0.444. The van der Waals surface area contributed by atoms with Crippen molar-refractivity contribution in [1.82, 2.24) is 19.9 Å². The number of amides is 1. The summed E-state index contributed by atoms with van der Waals surface area (Å²) in [7, 11) is 1.38. The van der Waals surface area contributed by atoms with E-state index in [4.69, 9.17) is 9.84 Å². The molecule has 8 nitrogen and oxygen atoms in total. The van der Waals surface area contributed by atoms with Crippen molar-refractivity contribution < 1.29 is 23.8 Å². The van der Waals surface area contributed by atoms with Gasteiger partial charge in [0, 0.05) is 13.1 Å². The SMILES string of the molecule is COc1ccc(CC(=O)N2CCC(n3cc(C(=O)O)nn3)C2)cc1F. The van der Waals surface area contributed by atoms with Gasteiger partial charge in [0.2, 0.25) is 5.91 Å². The highest BCUT2D eigenvalue weighted by Gasteiger charge is 2.28. The quantitative estimate of drug-likeness (QED) is 0.870. The molecule has 2 aromatic rings. The largest absolute Gasteiger partial charge is 0.494 e. The first-order valence-electron chi connectivity index (χ1n) is 7.73. The highest BCUT2D eigenvalue weighted by Crippen LogP contribution is 2.23. The Morgan fingerprint density at radius 2 is 2.24 bits per heavy atom. The van der Waals surface area contributed by atoms with Crippen molar-refractivity contribution in [3.8, 4) is 5.75 Å². The Morgan fingerprint density at radius 1 is 1.44 bits per heavy atom. The molecular formula is C16H17FN4O4. The summed E-state index contributed by atoms with van der Waals surface area (Å²) >= 11 is 0. The number of carbonyl (C=O) groups excluding carboxylic acids is 1. The Balaban J connectivity index is 1.62. The fraction of sp³-hybridized carbons (Fsp3) is 0.375. The van der Waals surface area contributed by atoms with Gasteiger partial charge in [-0.25, -0.2) is 13.9 Å². The summed E-state index contributed by atoms with van der Waals surface area (Å²) in [6.45, 7) is 0.949. The number of likely N-dealkylation sites (tertiary alicyclic amines) is 1. The van der Waals surface area contributed by atoms with Crippen LogP contribution in [0.1, 0.15) is 28.5 Å². The Labute approximate surface area is 142 Å². The second kappa shape index (κ2) is 6.88. The van der Waals surface area contributed by atoms with Crippen molar-refractivity contribution in [2.45, 2.75) is 18.9 Å². The maximum absolute atomic E-state index is 13.7. The number of benzene rings is 1. The molecule has 1 aromatic carbocycles. The molecule has 2 heterocycles. The molecule has 1 aliphatic heterocycles. The van der Waals surface area contributed by atoms with Crippen LogP contribution in [0.2, 0.25) is 0 Å². The van der Waals surface area contributed by atoms with E-state index in [0.717, 1.165) is 0 Å². The minimum absolute atomic E-state index is 0.0887. The Bertz CT molecular complexity index is 807. The van der Waals surface area contributed by atoms with Gasteiger partial charge in [0.05, 0.1) is 25.8 Å². The van der Waals surface area contributed by atoms with E-state index >= 15 is 0 Å². The van der Waals surface area contributed by atoms with Gasteiger partial charge in [-0.05, 0) is 24.1 Å². The first kappa shape index (κ1) is 16.9. The molecule has 132 valence electrons. The minimum Gasteiger partial charge on any atom is -0.494 e. The molecule has 0 saturated carbocycles. The molecule has 1 amide bonds. The zero-order valence-corrected chi connectivity index (χ0v) is 13.6. The third-order valence-corrected chi connectivity index (χ3v) is 4.19. The zero-order chi connectivity index (χ0) is 18.0. The number of halogens is 1. The lowest BCUT2D eigenvalue weighted by Crippen LogP contribution is -2.30. The molecule has 0 spiro atoms. The van der Waals surface area contributed by atoms with Gasteiger partial charge in [0.15, 0.2) is 17.3 Å². The number of methoxy groups -OCH3 is 1. The fourth-order valence-electron chi connectivity index (χ4n) is 2.84. The first-order chi connectivity index (χ1) is 12.0. The maximum Gasteiger partial charge on any atom is 0.358 e. The van der Waals surface area contributed by atoms with Crippen molar-refractivity contribution >= 4 is 11.9 Å². The van der Waals surface area contributed by atoms with Crippen LogP contribution in [0.3, 0.4) is 0 Å². The number of aromatic nitrogens is 3. The zero-order valence-electron chi connectivity index (χ0n) is 13.6. The molecule has 1 saturated heterocycles. The van der Waals surface area contributed by atoms with Crippen molar-refractivity contribution in [2.24, 2.45) is 0 Å². The third-order valence-electron chi connectivity index (χ3n) is 4.19. The monoisotopic (exact) mass is 348 g/mol. The molecular weight excluding hydrogens is 331 g/mol. The van der Waals surface area contributed by atoms with Crippen molar-refractivity contribution in [3.63, 3.8) is 0 Å². The molecule has 3 rings (SSSR count). The van der Waals surface area contributed by atoms with Gasteiger partial charge in [-0.15, -0.1) is 5.10 Å². The third kappa shape index (κ3) is 3.59. The molecule has 1 N–H and O–H groups in total. The number of hydrogen-bond donors (Lipinski definition) is 1. The van der Waals surface area contributed by atoms with E-state index in [-0.39, 0.29) is 29.8 Å². The van der Waals surface area contributed by atoms with Gasteiger partial charge in [-0.2, -0.15) is 0 Å². The number of carbonyl (C=O) groups is 2. The van der Waals surface area contributed by atoms with E-state index in [1.807, 2.05) is 0 Å². The Kier molecular flexibility index (Phi) is 4.64. The van der Waals surface area contributed by atoms with Crippen LogP contribution in [-0.4, -0.2) is 57.1 Å². The summed E-state index contributed by atoms with van der Waals surface area (Å²) in [6.07, 6.45) is 2.11. The number of hydrogen-bond acceptors (Lipinski definition) is 5. The summed E-state index contributed by atoms with van der Waals surface area (Å²) in [6, 6.07) is 4.33. The van der Waals surface area contributed by atoms with Gasteiger partial charge in [0.1, 0.15) is 0 Å². The Morgan fingerprint density at radius 3 is 2.88 bits per heavy atom. The predicted octanol–water partition coefficient (Wildman–Crippen LogP) is 1.14. The fourth-order valence-corrected chi connectivity index (χ4v) is 2.84. The number of carboxylic acid groups (broad SMARTS) is 1. The second-order valence-electron chi connectivity index (χ2n) is 5.82. The average molecular weight is 348 g/mol. The Hall–Kier alpha value is -2.97. The number of carboxylic acids is 1. The van der Waals surface area contributed by atoms with Crippen molar-refractivity contribution in [3.05, 3.63) is 41.5 Å². The van der Waals surface area contributed by atoms with E-state index in [9.17, 15) is 14.0 Å². The standard InChI is InChI=1S/C16H17FN4O4/c1-25-14-3-2-10(6-12(14)17)7-15(22)20-5-4-11(8-20)21-9-13(16(23)24)18-19-21/h2-3,6,9,11H,4-5,7-8H2,1H3,(H,23,24). The molecule has 1 atom stereocenters. The van der Waals surface area contributed by atoms with Crippen LogP contribution < -0.4 is 4.74 Å². The molecule has 0 radical (unpaired) electrons. The number of nitrogens with zero attached hydrogens (tertiary/aromatic N) is 4. The first-order valence-corrected chi connectivity index (χ1v) is 7.73. The highest BCUT2D eigenvalue weighted by atomic mass is 19.1. The predicted molar refractivity (Wildman–Crippen MR) is 83.9 cm³/mol. The van der Waals surface area contributed by atoms with Crippen LogP contribution in [-0.2, 0) is 11.2 Å². The molecule has 0 bridgehead atoms. The molecule has 1 aliphatic rings. The lowest BCUT2D eigenvalue weighted by atomic mass is 10.1. The smallest absolute Gasteiger partial charge is 0.358 e. The van der Waals surface area contributed by atoms with Crippen LogP contribution in [0, 0.1) is 5.82 Å². The minimum atomic E-state index is -1.14. The van der Waals surface area contributed by atoms with Crippen LogP contribution in [0.15, 0.2) is 24.4 Å². The molecule has 0 aliphatic carbocycles. The van der Waals surface area contributed by atoms with Crippen LogP contribution in [0.5, 0.6) is 5.75 Å². The van der Waals surface area contributed by atoms with Crippen LogP contribution in [0.4, 0.5) is 4.39 Å². The topological polar surface area (TPSA) is 97.5 Å². The normalized spacial score (nSPS) is 16.9. The lowest BCUT2D eigenvalue weighted by Gasteiger charge is -2.16. The van der Waals surface area contributed by atoms with Gasteiger partial charge in [0.25, 0.3) is 0 Å². The summed E-state index contributed by atoms with van der Waals surface area (Å²) in [5.74, 6) is -1.63.